The molecule has 1 aliphatic heterocycles. The van der Waals surface area contributed by atoms with Gasteiger partial charge in [0.1, 0.15) is 5.60 Å². The van der Waals surface area contributed by atoms with Crippen molar-refractivity contribution in [2.24, 2.45) is 0 Å². The van der Waals surface area contributed by atoms with Crippen molar-refractivity contribution in [2.75, 3.05) is 17.2 Å². The van der Waals surface area contributed by atoms with Crippen molar-refractivity contribution in [2.45, 2.75) is 32.8 Å². The number of halogens is 1. The Morgan fingerprint density at radius 1 is 1.44 bits per heavy atom. The molecule has 98 valence electrons. The summed E-state index contributed by atoms with van der Waals surface area (Å²) in [6, 6.07) is 3.80. The molecule has 1 heterocycles. The molecule has 0 radical (unpaired) electrons. The second-order valence-electron chi connectivity index (χ2n) is 5.38. The Labute approximate surface area is 115 Å². The summed E-state index contributed by atoms with van der Waals surface area (Å²) in [6.45, 7) is 6.18. The van der Waals surface area contributed by atoms with E-state index in [1.807, 2.05) is 32.9 Å². The molecular weight excluding hydrogens is 296 g/mol. The maximum absolute atomic E-state index is 12.1. The number of carbonyl (C=O) groups excluding carboxylic acids is 1. The topological polar surface area (TPSA) is 55.6 Å². The van der Waals surface area contributed by atoms with Crippen LogP contribution in [0.1, 0.15) is 26.3 Å². The Kier molecular flexibility index (Phi) is 3.27. The van der Waals surface area contributed by atoms with Gasteiger partial charge in [0.2, 0.25) is 0 Å². The first-order valence-corrected chi connectivity index (χ1v) is 6.65. The van der Waals surface area contributed by atoms with Gasteiger partial charge in [-0.15, -0.1) is 0 Å². The summed E-state index contributed by atoms with van der Waals surface area (Å²) in [4.78, 5) is 13.7. The molecule has 0 fully saturated rings. The second-order valence-corrected chi connectivity index (χ2v) is 6.30. The van der Waals surface area contributed by atoms with Crippen molar-refractivity contribution in [3.8, 4) is 0 Å². The average molecular weight is 313 g/mol. The number of ether oxygens (including phenoxy) is 1. The number of nitrogens with zero attached hydrogens (tertiary/aromatic N) is 1. The molecule has 5 heteroatoms. The van der Waals surface area contributed by atoms with Crippen LogP contribution < -0.4 is 10.6 Å². The molecular formula is C13H17BrN2O2. The van der Waals surface area contributed by atoms with E-state index in [1.165, 1.54) is 0 Å². The van der Waals surface area contributed by atoms with Crippen molar-refractivity contribution in [1.29, 1.82) is 0 Å². The van der Waals surface area contributed by atoms with E-state index in [1.54, 1.807) is 4.90 Å². The van der Waals surface area contributed by atoms with Gasteiger partial charge in [-0.2, -0.15) is 0 Å². The smallest absolute Gasteiger partial charge is 0.414 e. The summed E-state index contributed by atoms with van der Waals surface area (Å²) in [5, 5.41) is 0. The third-order valence-corrected chi connectivity index (χ3v) is 3.13. The lowest BCUT2D eigenvalue weighted by Crippen LogP contribution is -2.36. The van der Waals surface area contributed by atoms with E-state index in [4.69, 9.17) is 10.5 Å². The predicted molar refractivity (Wildman–Crippen MR) is 75.8 cm³/mol. The third-order valence-electron chi connectivity index (χ3n) is 2.67. The van der Waals surface area contributed by atoms with Crippen LogP contribution in [0.4, 0.5) is 16.2 Å². The highest BCUT2D eigenvalue weighted by Gasteiger charge is 2.30. The molecule has 2 N–H and O–H groups in total. The fourth-order valence-electron chi connectivity index (χ4n) is 2.04. The van der Waals surface area contributed by atoms with Crippen LogP contribution in [0.5, 0.6) is 0 Å². The Morgan fingerprint density at radius 3 is 2.72 bits per heavy atom. The number of benzene rings is 1. The van der Waals surface area contributed by atoms with E-state index in [0.717, 1.165) is 22.1 Å². The standard InChI is InChI=1S/C13H17BrN2O2/c1-13(2,3)18-12(17)16-5-4-8-6-9(14)7-10(15)11(8)16/h6-7H,4-5,15H2,1-3H3. The Balaban J connectivity index is 2.29. The van der Waals surface area contributed by atoms with Crippen molar-refractivity contribution in [1.82, 2.24) is 0 Å². The van der Waals surface area contributed by atoms with Gasteiger partial charge in [0, 0.05) is 11.0 Å². The predicted octanol–water partition coefficient (Wildman–Crippen LogP) is 3.33. The lowest BCUT2D eigenvalue weighted by atomic mass is 10.1. The third kappa shape index (κ3) is 2.61. The van der Waals surface area contributed by atoms with Crippen LogP contribution >= 0.6 is 15.9 Å². The summed E-state index contributed by atoms with van der Waals surface area (Å²) < 4.78 is 6.32. The maximum atomic E-state index is 12.1. The Bertz CT molecular complexity index is 494. The van der Waals surface area contributed by atoms with E-state index in [9.17, 15) is 4.79 Å². The summed E-state index contributed by atoms with van der Waals surface area (Å²) in [6.07, 6.45) is 0.466. The van der Waals surface area contributed by atoms with Crippen molar-refractivity contribution in [3.63, 3.8) is 0 Å². The van der Waals surface area contributed by atoms with Gasteiger partial charge in [0.05, 0.1) is 11.4 Å². The zero-order chi connectivity index (χ0) is 13.5. The number of nitrogen functional groups attached to an aromatic ring is 1. The summed E-state index contributed by atoms with van der Waals surface area (Å²) in [5.41, 5.74) is 7.95. The molecule has 2 rings (SSSR count). The minimum atomic E-state index is -0.496. The number of rotatable bonds is 0. The van der Waals surface area contributed by atoms with Crippen LogP contribution in [0.3, 0.4) is 0 Å². The monoisotopic (exact) mass is 312 g/mol. The highest BCUT2D eigenvalue weighted by Crippen LogP contribution is 2.37. The summed E-state index contributed by atoms with van der Waals surface area (Å²) in [5.74, 6) is 0. The number of anilines is 2. The maximum Gasteiger partial charge on any atom is 0.414 e. The van der Waals surface area contributed by atoms with Crippen molar-refractivity contribution < 1.29 is 9.53 Å². The van der Waals surface area contributed by atoms with Crippen molar-refractivity contribution >= 4 is 33.4 Å². The second kappa shape index (κ2) is 4.46. The van der Waals surface area contributed by atoms with E-state index >= 15 is 0 Å². The van der Waals surface area contributed by atoms with Gasteiger partial charge < -0.3 is 10.5 Å². The molecule has 0 aromatic heterocycles. The minimum absolute atomic E-state index is 0.338. The molecule has 0 bridgehead atoms. The van der Waals surface area contributed by atoms with E-state index in [-0.39, 0.29) is 6.09 Å². The molecule has 0 saturated carbocycles. The first kappa shape index (κ1) is 13.2. The number of carbonyl (C=O) groups is 1. The molecule has 1 amide bonds. The number of hydrogen-bond acceptors (Lipinski definition) is 3. The average Bonchev–Trinajstić information content (AvgIpc) is 2.58. The molecule has 0 atom stereocenters. The highest BCUT2D eigenvalue weighted by molar-refractivity contribution is 9.10. The van der Waals surface area contributed by atoms with Gasteiger partial charge in [-0.05, 0) is 44.9 Å². The number of hydrogen-bond donors (Lipinski definition) is 1. The van der Waals surface area contributed by atoms with Crippen LogP contribution in [-0.4, -0.2) is 18.2 Å². The molecule has 1 aliphatic rings. The molecule has 0 spiro atoms. The van der Waals surface area contributed by atoms with Crippen LogP contribution in [0, 0.1) is 0 Å². The quantitative estimate of drug-likeness (QED) is 0.748. The molecule has 1 aromatic rings. The zero-order valence-electron chi connectivity index (χ0n) is 10.8. The minimum Gasteiger partial charge on any atom is -0.443 e. The van der Waals surface area contributed by atoms with E-state index < -0.39 is 5.60 Å². The van der Waals surface area contributed by atoms with E-state index in [2.05, 4.69) is 15.9 Å². The van der Waals surface area contributed by atoms with Crippen LogP contribution in [0.2, 0.25) is 0 Å². The first-order chi connectivity index (χ1) is 8.28. The SMILES string of the molecule is CC(C)(C)OC(=O)N1CCc2cc(Br)cc(N)c21. The lowest BCUT2D eigenvalue weighted by Gasteiger charge is -2.25. The van der Waals surface area contributed by atoms with Gasteiger partial charge >= 0.3 is 6.09 Å². The van der Waals surface area contributed by atoms with Gasteiger partial charge in [0.15, 0.2) is 0 Å². The fourth-order valence-corrected chi connectivity index (χ4v) is 2.57. The molecule has 18 heavy (non-hydrogen) atoms. The van der Waals surface area contributed by atoms with Gasteiger partial charge in [-0.3, -0.25) is 4.90 Å². The highest BCUT2D eigenvalue weighted by atomic mass is 79.9. The zero-order valence-corrected chi connectivity index (χ0v) is 12.4. The van der Waals surface area contributed by atoms with Crippen LogP contribution in [0.15, 0.2) is 16.6 Å². The number of amides is 1. The normalized spacial score (nSPS) is 14.6. The molecule has 0 unspecified atom stereocenters. The number of nitrogens with two attached hydrogens (primary N) is 1. The van der Waals surface area contributed by atoms with Gasteiger partial charge in [-0.25, -0.2) is 4.79 Å². The fraction of sp³-hybridized carbons (Fsp3) is 0.462. The summed E-state index contributed by atoms with van der Waals surface area (Å²) in [7, 11) is 0. The molecule has 0 aliphatic carbocycles. The first-order valence-electron chi connectivity index (χ1n) is 5.86. The Hall–Kier alpha value is -1.23. The largest absolute Gasteiger partial charge is 0.443 e. The lowest BCUT2D eigenvalue weighted by molar-refractivity contribution is 0.0584. The summed E-state index contributed by atoms with van der Waals surface area (Å²) >= 11 is 3.41. The van der Waals surface area contributed by atoms with Crippen molar-refractivity contribution in [3.05, 3.63) is 22.2 Å². The van der Waals surface area contributed by atoms with E-state index in [0.29, 0.717) is 12.2 Å². The number of fused-ring (bicyclic) bond motifs is 1. The van der Waals surface area contributed by atoms with Gasteiger partial charge in [0.25, 0.3) is 0 Å². The van der Waals surface area contributed by atoms with Crippen LogP contribution in [0.25, 0.3) is 0 Å². The Morgan fingerprint density at radius 2 is 2.11 bits per heavy atom. The van der Waals surface area contributed by atoms with Crippen LogP contribution in [-0.2, 0) is 11.2 Å². The molecule has 4 nitrogen and oxygen atoms in total. The molecule has 0 saturated heterocycles. The van der Waals surface area contributed by atoms with Gasteiger partial charge in [-0.1, -0.05) is 15.9 Å². The molecule has 1 aromatic carbocycles.